The van der Waals surface area contributed by atoms with Crippen LogP contribution in [0.3, 0.4) is 0 Å². The van der Waals surface area contributed by atoms with E-state index in [1.807, 2.05) is 13.0 Å². The van der Waals surface area contributed by atoms with Crippen LogP contribution in [0.15, 0.2) is 16.6 Å². The van der Waals surface area contributed by atoms with Crippen molar-refractivity contribution in [2.45, 2.75) is 19.4 Å². The maximum Gasteiger partial charge on any atom is 0.168 e. The first-order chi connectivity index (χ1) is 6.59. The maximum absolute atomic E-state index is 11.7. The number of anilines is 1. The van der Waals surface area contributed by atoms with E-state index in [4.69, 9.17) is 11.6 Å². The topological polar surface area (TPSA) is 29.1 Å². The van der Waals surface area contributed by atoms with Crippen LogP contribution in [0.5, 0.6) is 0 Å². The molecule has 0 fully saturated rings. The van der Waals surface area contributed by atoms with Gasteiger partial charge in [0.25, 0.3) is 0 Å². The fourth-order valence-electron chi connectivity index (χ4n) is 1.64. The van der Waals surface area contributed by atoms with Crippen LogP contribution < -0.4 is 5.32 Å². The summed E-state index contributed by atoms with van der Waals surface area (Å²) < 4.78 is 0.886. The van der Waals surface area contributed by atoms with Gasteiger partial charge in [-0.3, -0.25) is 4.79 Å². The molecule has 0 saturated heterocycles. The van der Waals surface area contributed by atoms with Gasteiger partial charge < -0.3 is 5.32 Å². The van der Waals surface area contributed by atoms with Crippen molar-refractivity contribution >= 4 is 39.0 Å². The first-order valence-electron chi connectivity index (χ1n) is 4.37. The number of hydrogen-bond acceptors (Lipinski definition) is 2. The summed E-state index contributed by atoms with van der Waals surface area (Å²) in [5.41, 5.74) is 1.43. The van der Waals surface area contributed by atoms with Gasteiger partial charge in [-0.1, -0.05) is 11.6 Å². The predicted octanol–water partition coefficient (Wildman–Crippen LogP) is 3.49. The molecule has 1 aromatic rings. The lowest BCUT2D eigenvalue weighted by Gasteiger charge is -2.24. The van der Waals surface area contributed by atoms with E-state index in [0.717, 1.165) is 10.2 Å². The molecule has 0 saturated carbocycles. The van der Waals surface area contributed by atoms with E-state index in [2.05, 4.69) is 21.2 Å². The largest absolute Gasteiger partial charge is 0.381 e. The van der Waals surface area contributed by atoms with E-state index in [1.165, 1.54) is 0 Å². The zero-order chi connectivity index (χ0) is 10.3. The van der Waals surface area contributed by atoms with Gasteiger partial charge >= 0.3 is 0 Å². The minimum atomic E-state index is 0.109. The summed E-state index contributed by atoms with van der Waals surface area (Å²) in [6.07, 6.45) is 0.503. The first-order valence-corrected chi connectivity index (χ1v) is 5.54. The Bertz CT molecular complexity index is 405. The second kappa shape index (κ2) is 3.55. The van der Waals surface area contributed by atoms with Crippen LogP contribution in [-0.2, 0) is 0 Å². The molecule has 2 nitrogen and oxygen atoms in total. The molecule has 1 aromatic carbocycles. The van der Waals surface area contributed by atoms with Crippen molar-refractivity contribution in [1.29, 1.82) is 0 Å². The van der Waals surface area contributed by atoms with E-state index in [1.54, 1.807) is 6.07 Å². The van der Waals surface area contributed by atoms with Crippen LogP contribution >= 0.6 is 27.5 Å². The fourth-order valence-corrected chi connectivity index (χ4v) is 2.35. The number of fused-ring (bicyclic) bond motifs is 1. The number of carbonyl (C=O) groups excluding carboxylic acids is 1. The average molecular weight is 275 g/mol. The van der Waals surface area contributed by atoms with Gasteiger partial charge in [-0.15, -0.1) is 0 Å². The monoisotopic (exact) mass is 273 g/mol. The van der Waals surface area contributed by atoms with Crippen LogP contribution in [-0.4, -0.2) is 11.8 Å². The number of rotatable bonds is 0. The summed E-state index contributed by atoms with van der Waals surface area (Å²) in [7, 11) is 0. The SMILES string of the molecule is CC1CC(=O)c2c(Cl)ccc(Br)c2N1. The molecule has 4 heteroatoms. The van der Waals surface area contributed by atoms with Crippen LogP contribution in [0.4, 0.5) is 5.69 Å². The molecule has 1 atom stereocenters. The number of hydrogen-bond donors (Lipinski definition) is 1. The Labute approximate surface area is 95.8 Å². The highest BCUT2D eigenvalue weighted by molar-refractivity contribution is 9.10. The number of ketones is 1. The lowest BCUT2D eigenvalue weighted by atomic mass is 9.98. The molecule has 0 aliphatic carbocycles. The molecular formula is C10H9BrClNO. The van der Waals surface area contributed by atoms with Crippen molar-refractivity contribution in [2.75, 3.05) is 5.32 Å². The number of benzene rings is 1. The van der Waals surface area contributed by atoms with Gasteiger partial charge in [-0.2, -0.15) is 0 Å². The van der Waals surface area contributed by atoms with Crippen molar-refractivity contribution < 1.29 is 4.79 Å². The standard InChI is InChI=1S/C10H9BrClNO/c1-5-4-8(14)9-7(12)3-2-6(11)10(9)13-5/h2-3,5,13H,4H2,1H3. The third-order valence-corrected chi connectivity index (χ3v) is 3.24. The summed E-state index contributed by atoms with van der Waals surface area (Å²) in [6, 6.07) is 3.75. The Morgan fingerprint density at radius 1 is 1.57 bits per heavy atom. The van der Waals surface area contributed by atoms with Crippen molar-refractivity contribution in [2.24, 2.45) is 0 Å². The van der Waals surface area contributed by atoms with Gasteiger partial charge in [-0.25, -0.2) is 0 Å². The second-order valence-corrected chi connectivity index (χ2v) is 4.71. The van der Waals surface area contributed by atoms with E-state index in [0.29, 0.717) is 17.0 Å². The zero-order valence-electron chi connectivity index (χ0n) is 7.60. The van der Waals surface area contributed by atoms with Gasteiger partial charge in [-0.05, 0) is 35.0 Å². The number of carbonyl (C=O) groups is 1. The van der Waals surface area contributed by atoms with Crippen LogP contribution in [0.1, 0.15) is 23.7 Å². The second-order valence-electron chi connectivity index (χ2n) is 3.45. The van der Waals surface area contributed by atoms with Crippen LogP contribution in [0.2, 0.25) is 5.02 Å². The van der Waals surface area contributed by atoms with Crippen LogP contribution in [0.25, 0.3) is 0 Å². The minimum Gasteiger partial charge on any atom is -0.381 e. The summed E-state index contributed by atoms with van der Waals surface area (Å²) >= 11 is 9.37. The third-order valence-electron chi connectivity index (χ3n) is 2.26. The molecule has 1 heterocycles. The predicted molar refractivity (Wildman–Crippen MR) is 61.2 cm³/mol. The Kier molecular flexibility index (Phi) is 2.54. The van der Waals surface area contributed by atoms with Crippen molar-refractivity contribution in [3.8, 4) is 0 Å². The van der Waals surface area contributed by atoms with Gasteiger partial charge in [0, 0.05) is 16.9 Å². The normalized spacial score (nSPS) is 20.2. The van der Waals surface area contributed by atoms with E-state index >= 15 is 0 Å². The molecule has 2 rings (SSSR count). The van der Waals surface area contributed by atoms with Crippen molar-refractivity contribution in [3.05, 3.63) is 27.2 Å². The minimum absolute atomic E-state index is 0.109. The Balaban J connectivity index is 2.63. The molecule has 0 aromatic heterocycles. The molecule has 1 aliphatic rings. The highest BCUT2D eigenvalue weighted by Gasteiger charge is 2.25. The summed E-state index contributed by atoms with van der Waals surface area (Å²) in [6.45, 7) is 1.98. The molecule has 0 radical (unpaired) electrons. The third kappa shape index (κ3) is 1.55. The first kappa shape index (κ1) is 9.99. The quantitative estimate of drug-likeness (QED) is 0.784. The summed E-state index contributed by atoms with van der Waals surface area (Å²) in [5.74, 6) is 0.109. The van der Waals surface area contributed by atoms with E-state index in [9.17, 15) is 4.79 Å². The molecular weight excluding hydrogens is 265 g/mol. The average Bonchev–Trinajstić information content (AvgIpc) is 2.10. The van der Waals surface area contributed by atoms with Gasteiger partial charge in [0.15, 0.2) is 5.78 Å². The van der Waals surface area contributed by atoms with E-state index in [-0.39, 0.29) is 11.8 Å². The number of halogens is 2. The molecule has 0 bridgehead atoms. The van der Waals surface area contributed by atoms with Gasteiger partial charge in [0.1, 0.15) is 0 Å². The Morgan fingerprint density at radius 2 is 2.29 bits per heavy atom. The highest BCUT2D eigenvalue weighted by atomic mass is 79.9. The Hall–Kier alpha value is -0.540. The van der Waals surface area contributed by atoms with Gasteiger partial charge in [0.2, 0.25) is 0 Å². The van der Waals surface area contributed by atoms with E-state index < -0.39 is 0 Å². The fraction of sp³-hybridized carbons (Fsp3) is 0.300. The molecule has 0 spiro atoms. The summed E-state index contributed by atoms with van der Waals surface area (Å²) in [4.78, 5) is 11.7. The van der Waals surface area contributed by atoms with Gasteiger partial charge in [0.05, 0.1) is 16.3 Å². The molecule has 14 heavy (non-hydrogen) atoms. The van der Waals surface area contributed by atoms with Crippen molar-refractivity contribution in [3.63, 3.8) is 0 Å². The maximum atomic E-state index is 11.7. The van der Waals surface area contributed by atoms with Crippen LogP contribution in [0, 0.1) is 0 Å². The highest BCUT2D eigenvalue weighted by Crippen LogP contribution is 2.36. The number of nitrogens with one attached hydrogen (secondary N) is 1. The molecule has 74 valence electrons. The number of Topliss-reactive ketones (excluding diaryl/α,β-unsaturated/α-hetero) is 1. The molecule has 1 aliphatic heterocycles. The molecule has 0 amide bonds. The van der Waals surface area contributed by atoms with Crippen molar-refractivity contribution in [1.82, 2.24) is 0 Å². The lowest BCUT2D eigenvalue weighted by molar-refractivity contribution is 0.0974. The smallest absolute Gasteiger partial charge is 0.168 e. The molecule has 1 N–H and O–H groups in total. The zero-order valence-corrected chi connectivity index (χ0v) is 9.95. The summed E-state index contributed by atoms with van der Waals surface area (Å²) in [5, 5.41) is 3.77. The Morgan fingerprint density at radius 3 is 3.00 bits per heavy atom. The molecule has 1 unspecified atom stereocenters. The lowest BCUT2D eigenvalue weighted by Crippen LogP contribution is -2.27.